The van der Waals surface area contributed by atoms with Crippen molar-refractivity contribution in [2.24, 2.45) is 5.29 Å². The average molecular weight is 332 g/mol. The van der Waals surface area contributed by atoms with Crippen molar-refractivity contribution >= 4 is 52.5 Å². The normalized spacial score (nSPS) is 12.0. The fourth-order valence-corrected chi connectivity index (χ4v) is 2.23. The van der Waals surface area contributed by atoms with Crippen molar-refractivity contribution in [3.05, 3.63) is 37.7 Å². The van der Waals surface area contributed by atoms with Gasteiger partial charge in [-0.2, -0.15) is 5.01 Å². The molecule has 0 spiro atoms. The molecule has 1 atom stereocenters. The predicted molar refractivity (Wildman–Crippen MR) is 70.6 cm³/mol. The highest BCUT2D eigenvalue weighted by molar-refractivity contribution is 6.43. The lowest BCUT2D eigenvalue weighted by atomic mass is 10.1. The van der Waals surface area contributed by atoms with Gasteiger partial charge >= 0.3 is 6.09 Å². The van der Waals surface area contributed by atoms with Gasteiger partial charge in [-0.3, -0.25) is 0 Å². The van der Waals surface area contributed by atoms with E-state index in [9.17, 15) is 9.70 Å². The second kappa shape index (κ2) is 6.43. The molecule has 0 saturated carbocycles. The van der Waals surface area contributed by atoms with E-state index in [4.69, 9.17) is 51.5 Å². The minimum Gasteiger partial charge on any atom is -0.464 e. The third-order valence-electron chi connectivity index (χ3n) is 2.03. The van der Waals surface area contributed by atoms with Crippen LogP contribution in [-0.2, 0) is 0 Å². The van der Waals surface area contributed by atoms with Gasteiger partial charge in [0.25, 0.3) is 0 Å². The van der Waals surface area contributed by atoms with Crippen molar-refractivity contribution in [3.8, 4) is 0 Å². The summed E-state index contributed by atoms with van der Waals surface area (Å²) in [6, 6.07) is 2.80. The van der Waals surface area contributed by atoms with Crippen molar-refractivity contribution in [1.29, 1.82) is 0 Å². The first-order valence-corrected chi connectivity index (χ1v) is 6.06. The predicted octanol–water partition coefficient (Wildman–Crippen LogP) is 4.59. The van der Waals surface area contributed by atoms with E-state index in [1.165, 1.54) is 12.1 Å². The zero-order chi connectivity index (χ0) is 13.9. The summed E-state index contributed by atoms with van der Waals surface area (Å²) in [5.41, 5.74) is 0.364. The van der Waals surface area contributed by atoms with E-state index >= 15 is 0 Å². The maximum Gasteiger partial charge on any atom is 0.430 e. The minimum atomic E-state index is -1.51. The summed E-state index contributed by atoms with van der Waals surface area (Å²) in [5.74, 6) is 0. The largest absolute Gasteiger partial charge is 0.464 e. The Morgan fingerprint density at radius 1 is 1.28 bits per heavy atom. The van der Waals surface area contributed by atoms with Crippen molar-refractivity contribution in [3.63, 3.8) is 0 Å². The molecule has 0 bridgehead atoms. The second-order valence-corrected chi connectivity index (χ2v) is 4.95. The second-order valence-electron chi connectivity index (χ2n) is 3.20. The monoisotopic (exact) mass is 330 g/mol. The van der Waals surface area contributed by atoms with Gasteiger partial charge in [0, 0.05) is 5.02 Å². The number of nitroso groups, excluding NO2 is 1. The summed E-state index contributed by atoms with van der Waals surface area (Å²) in [6.45, 7) is -0.349. The molecule has 1 N–H and O–H groups in total. The van der Waals surface area contributed by atoms with Crippen molar-refractivity contribution < 1.29 is 9.90 Å². The molecule has 1 amide bonds. The topological polar surface area (TPSA) is 70.0 Å². The van der Waals surface area contributed by atoms with E-state index in [2.05, 4.69) is 5.29 Å². The summed E-state index contributed by atoms with van der Waals surface area (Å²) in [6.07, 6.45) is -1.51. The molecule has 0 aliphatic carbocycles. The molecule has 0 radical (unpaired) electrons. The maximum absolute atomic E-state index is 10.6. The molecule has 1 aromatic rings. The van der Waals surface area contributed by atoms with Gasteiger partial charge in [-0.15, -0.1) is 16.5 Å². The van der Waals surface area contributed by atoms with Gasteiger partial charge in [0.1, 0.15) is 0 Å². The van der Waals surface area contributed by atoms with Gasteiger partial charge in [0.2, 0.25) is 0 Å². The van der Waals surface area contributed by atoms with Crippen LogP contribution in [0.5, 0.6) is 0 Å². The quantitative estimate of drug-likeness (QED) is 0.379. The van der Waals surface area contributed by atoms with E-state index < -0.39 is 11.5 Å². The van der Waals surface area contributed by atoms with E-state index in [0.29, 0.717) is 5.56 Å². The SMILES string of the molecule is O=NN(CC(Cl)c1cc(Cl)c(Cl)cc1Cl)C(=O)O. The van der Waals surface area contributed by atoms with Crippen molar-refractivity contribution in [1.82, 2.24) is 5.01 Å². The van der Waals surface area contributed by atoms with Crippen LogP contribution in [0.2, 0.25) is 15.1 Å². The molecule has 5 nitrogen and oxygen atoms in total. The van der Waals surface area contributed by atoms with Crippen LogP contribution in [0.15, 0.2) is 17.4 Å². The minimum absolute atomic E-state index is 0.223. The molecule has 0 aliphatic rings. The van der Waals surface area contributed by atoms with E-state index in [1.54, 1.807) is 0 Å². The zero-order valence-electron chi connectivity index (χ0n) is 8.61. The first kappa shape index (κ1) is 15.3. The summed E-state index contributed by atoms with van der Waals surface area (Å²) in [4.78, 5) is 20.9. The lowest BCUT2D eigenvalue weighted by Gasteiger charge is -2.16. The number of amides is 1. The van der Waals surface area contributed by atoms with Gasteiger partial charge < -0.3 is 5.11 Å². The molecular weight excluding hydrogens is 326 g/mol. The van der Waals surface area contributed by atoms with Gasteiger partial charge in [-0.25, -0.2) is 4.79 Å². The van der Waals surface area contributed by atoms with Crippen LogP contribution in [0.25, 0.3) is 0 Å². The fraction of sp³-hybridized carbons (Fsp3) is 0.222. The van der Waals surface area contributed by atoms with Crippen LogP contribution < -0.4 is 0 Å². The van der Waals surface area contributed by atoms with E-state index in [-0.39, 0.29) is 26.6 Å². The molecule has 1 aromatic carbocycles. The third-order valence-corrected chi connectivity index (χ3v) is 3.45. The fourth-order valence-electron chi connectivity index (χ4n) is 1.17. The first-order chi connectivity index (χ1) is 8.36. The highest BCUT2D eigenvalue weighted by atomic mass is 35.5. The lowest BCUT2D eigenvalue weighted by Crippen LogP contribution is -2.26. The summed E-state index contributed by atoms with van der Waals surface area (Å²) < 4.78 is 0. The Morgan fingerprint density at radius 2 is 1.83 bits per heavy atom. The Morgan fingerprint density at radius 3 is 2.33 bits per heavy atom. The van der Waals surface area contributed by atoms with Gasteiger partial charge in [0.05, 0.1) is 27.3 Å². The van der Waals surface area contributed by atoms with Gasteiger partial charge in [-0.05, 0) is 17.7 Å². The molecule has 1 unspecified atom stereocenters. The summed E-state index contributed by atoms with van der Waals surface area (Å²) >= 11 is 23.4. The summed E-state index contributed by atoms with van der Waals surface area (Å²) in [7, 11) is 0. The standard InChI is InChI=1S/C9H6Cl4N2O3/c10-5-2-7(12)6(11)1-4(5)8(13)3-15(14-18)9(16)17/h1-2,8H,3H2,(H,16,17). The number of hydrogen-bond donors (Lipinski definition) is 1. The van der Waals surface area contributed by atoms with E-state index in [1.807, 2.05) is 0 Å². The average Bonchev–Trinajstić information content (AvgIpc) is 2.29. The van der Waals surface area contributed by atoms with Crippen LogP contribution >= 0.6 is 46.4 Å². The van der Waals surface area contributed by atoms with Crippen LogP contribution in [-0.4, -0.2) is 22.8 Å². The summed E-state index contributed by atoms with van der Waals surface area (Å²) in [5, 5.41) is 11.0. The highest BCUT2D eigenvalue weighted by Gasteiger charge is 2.21. The van der Waals surface area contributed by atoms with Crippen LogP contribution in [0, 0.1) is 4.91 Å². The van der Waals surface area contributed by atoms with Crippen LogP contribution in [0.3, 0.4) is 0 Å². The van der Waals surface area contributed by atoms with Crippen molar-refractivity contribution in [2.45, 2.75) is 5.38 Å². The lowest BCUT2D eigenvalue weighted by molar-refractivity contribution is 0.146. The number of carboxylic acid groups (broad SMARTS) is 1. The highest BCUT2D eigenvalue weighted by Crippen LogP contribution is 2.35. The van der Waals surface area contributed by atoms with Gasteiger partial charge in [0.15, 0.2) is 0 Å². The number of nitrogens with zero attached hydrogens (tertiary/aromatic N) is 2. The maximum atomic E-state index is 10.6. The van der Waals surface area contributed by atoms with Gasteiger partial charge in [-0.1, -0.05) is 34.8 Å². The smallest absolute Gasteiger partial charge is 0.430 e. The molecule has 1 rings (SSSR count). The third kappa shape index (κ3) is 3.62. The number of carbonyl (C=O) groups is 1. The Kier molecular flexibility index (Phi) is 5.47. The number of benzene rings is 1. The Labute approximate surface area is 122 Å². The molecule has 18 heavy (non-hydrogen) atoms. The Hall–Kier alpha value is -0.750. The Bertz CT molecular complexity index is 483. The molecule has 0 aliphatic heterocycles. The molecular formula is C9H6Cl4N2O3. The molecule has 0 saturated heterocycles. The molecule has 0 heterocycles. The number of halogens is 4. The molecule has 98 valence electrons. The molecule has 0 aromatic heterocycles. The van der Waals surface area contributed by atoms with Crippen molar-refractivity contribution in [2.75, 3.05) is 6.54 Å². The number of rotatable bonds is 4. The van der Waals surface area contributed by atoms with Crippen LogP contribution in [0.4, 0.5) is 4.79 Å². The number of alkyl halides is 1. The zero-order valence-corrected chi connectivity index (χ0v) is 11.6. The molecule has 0 fully saturated rings. The van der Waals surface area contributed by atoms with E-state index in [0.717, 1.165) is 0 Å². The Balaban J connectivity index is 2.97. The van der Waals surface area contributed by atoms with Crippen LogP contribution in [0.1, 0.15) is 10.9 Å². The molecule has 9 heteroatoms. The number of hydrogen-bond acceptors (Lipinski definition) is 3. The first-order valence-electron chi connectivity index (χ1n) is 4.49.